The number of nitrogens with two attached hydrogens (primary N) is 1. The standard InChI is InChI=1S/C27H37F3N6O2/c1-4-15-38-25-9-8-24(32-17-25)19-34-11-13-35(14-12-34)26(37)10-6-21-5-7-23(27(28,29)30)16-22(21)18-36(31)33-20(2)3/h5,7-9,16-17H,4,6,10-15,18-19,31H2,1-3H3. The normalized spacial score (nSPS) is 14.3. The third kappa shape index (κ3) is 8.98. The number of piperazine rings is 1. The highest BCUT2D eigenvalue weighted by molar-refractivity contribution is 5.78. The third-order valence-electron chi connectivity index (χ3n) is 6.18. The molecule has 2 aromatic rings. The molecular formula is C27H37F3N6O2. The number of aromatic nitrogens is 1. The summed E-state index contributed by atoms with van der Waals surface area (Å²) in [5.74, 6) is 6.62. The van der Waals surface area contributed by atoms with E-state index in [1.54, 1.807) is 20.0 Å². The molecule has 0 bridgehead atoms. The number of hydrogen-bond acceptors (Lipinski definition) is 7. The quantitative estimate of drug-likeness (QED) is 0.264. The number of ether oxygens (including phenoxy) is 1. The average Bonchev–Trinajstić information content (AvgIpc) is 2.86. The van der Waals surface area contributed by atoms with Gasteiger partial charge >= 0.3 is 6.18 Å². The Kier molecular flexibility index (Phi) is 10.5. The molecular weight excluding hydrogens is 497 g/mol. The number of aryl methyl sites for hydroxylation is 1. The number of hydrazone groups is 1. The van der Waals surface area contributed by atoms with Crippen LogP contribution in [0.2, 0.25) is 0 Å². The van der Waals surface area contributed by atoms with Crippen LogP contribution in [-0.4, -0.2) is 64.3 Å². The predicted molar refractivity (Wildman–Crippen MR) is 140 cm³/mol. The Labute approximate surface area is 222 Å². The number of rotatable bonds is 11. The molecule has 2 N–H and O–H groups in total. The fourth-order valence-electron chi connectivity index (χ4n) is 4.25. The molecule has 1 fully saturated rings. The predicted octanol–water partition coefficient (Wildman–Crippen LogP) is 4.24. The van der Waals surface area contributed by atoms with Crippen LogP contribution in [0.1, 0.15) is 56.0 Å². The van der Waals surface area contributed by atoms with Crippen molar-refractivity contribution in [3.8, 4) is 5.75 Å². The number of amides is 1. The van der Waals surface area contributed by atoms with Gasteiger partial charge in [-0.1, -0.05) is 13.0 Å². The van der Waals surface area contributed by atoms with Crippen LogP contribution in [0.4, 0.5) is 13.2 Å². The lowest BCUT2D eigenvalue weighted by Gasteiger charge is -2.34. The van der Waals surface area contributed by atoms with Crippen LogP contribution in [0.15, 0.2) is 41.6 Å². The van der Waals surface area contributed by atoms with Crippen molar-refractivity contribution in [2.24, 2.45) is 10.9 Å². The van der Waals surface area contributed by atoms with Gasteiger partial charge in [-0.05, 0) is 62.1 Å². The number of carbonyl (C=O) groups is 1. The minimum atomic E-state index is -4.47. The van der Waals surface area contributed by atoms with Crippen LogP contribution in [0.25, 0.3) is 0 Å². The molecule has 38 heavy (non-hydrogen) atoms. The number of halogens is 3. The number of nitrogens with zero attached hydrogens (tertiary/aromatic N) is 5. The Morgan fingerprint density at radius 3 is 2.47 bits per heavy atom. The second kappa shape index (κ2) is 13.6. The molecule has 8 nitrogen and oxygen atoms in total. The van der Waals surface area contributed by atoms with Crippen LogP contribution in [0.5, 0.6) is 5.75 Å². The van der Waals surface area contributed by atoms with E-state index in [0.29, 0.717) is 49.5 Å². The second-order valence-corrected chi connectivity index (χ2v) is 9.62. The van der Waals surface area contributed by atoms with Gasteiger partial charge in [0.1, 0.15) is 5.75 Å². The number of benzene rings is 1. The molecule has 0 aliphatic carbocycles. The first-order valence-electron chi connectivity index (χ1n) is 12.9. The number of carbonyl (C=O) groups excluding carboxylic acids is 1. The summed E-state index contributed by atoms with van der Waals surface area (Å²) in [5, 5.41) is 5.20. The first kappa shape index (κ1) is 29.4. The topological polar surface area (TPSA) is 87.3 Å². The van der Waals surface area contributed by atoms with Gasteiger partial charge in [0.2, 0.25) is 5.91 Å². The Balaban J connectivity index is 1.54. The monoisotopic (exact) mass is 534 g/mol. The maximum absolute atomic E-state index is 13.3. The lowest BCUT2D eigenvalue weighted by atomic mass is 9.99. The molecule has 0 unspecified atom stereocenters. The van der Waals surface area contributed by atoms with E-state index in [0.717, 1.165) is 48.2 Å². The number of hydrogen-bond donors (Lipinski definition) is 1. The van der Waals surface area contributed by atoms with Crippen LogP contribution in [0, 0.1) is 0 Å². The highest BCUT2D eigenvalue weighted by Gasteiger charge is 2.31. The van der Waals surface area contributed by atoms with Gasteiger partial charge in [-0.2, -0.15) is 18.3 Å². The Bertz CT molecular complexity index is 1080. The van der Waals surface area contributed by atoms with Gasteiger partial charge in [0.25, 0.3) is 0 Å². The van der Waals surface area contributed by atoms with Crippen molar-refractivity contribution in [3.05, 3.63) is 58.9 Å². The van der Waals surface area contributed by atoms with Gasteiger partial charge in [-0.15, -0.1) is 0 Å². The minimum Gasteiger partial charge on any atom is -0.492 e. The van der Waals surface area contributed by atoms with Crippen molar-refractivity contribution in [3.63, 3.8) is 0 Å². The maximum atomic E-state index is 13.3. The van der Waals surface area contributed by atoms with E-state index >= 15 is 0 Å². The summed E-state index contributed by atoms with van der Waals surface area (Å²) in [5.41, 5.74) is 1.94. The number of hydrazine groups is 1. The van der Waals surface area contributed by atoms with Gasteiger partial charge in [-0.3, -0.25) is 14.7 Å². The van der Waals surface area contributed by atoms with E-state index in [-0.39, 0.29) is 18.9 Å². The fraction of sp³-hybridized carbons (Fsp3) is 0.519. The van der Waals surface area contributed by atoms with Crippen molar-refractivity contribution < 1.29 is 22.7 Å². The van der Waals surface area contributed by atoms with E-state index in [1.165, 1.54) is 6.07 Å². The lowest BCUT2D eigenvalue weighted by Crippen LogP contribution is -2.48. The zero-order valence-corrected chi connectivity index (χ0v) is 22.3. The molecule has 2 heterocycles. The molecule has 208 valence electrons. The summed E-state index contributed by atoms with van der Waals surface area (Å²) < 4.78 is 45.4. The lowest BCUT2D eigenvalue weighted by molar-refractivity contribution is -0.137. The zero-order valence-electron chi connectivity index (χ0n) is 22.3. The smallest absolute Gasteiger partial charge is 0.416 e. The highest BCUT2D eigenvalue weighted by atomic mass is 19.4. The van der Waals surface area contributed by atoms with Crippen molar-refractivity contribution in [2.45, 2.75) is 59.3 Å². The second-order valence-electron chi connectivity index (χ2n) is 9.62. The Hall–Kier alpha value is -3.18. The van der Waals surface area contributed by atoms with Crippen molar-refractivity contribution in [1.29, 1.82) is 0 Å². The molecule has 0 atom stereocenters. The van der Waals surface area contributed by atoms with Gasteiger partial charge in [-0.25, -0.2) is 11.0 Å². The molecule has 1 aliphatic heterocycles. The van der Waals surface area contributed by atoms with Crippen LogP contribution in [-0.2, 0) is 30.5 Å². The SMILES string of the molecule is CCCOc1ccc(CN2CCN(C(=O)CCc3ccc(C(F)(F)F)cc3CN(N)N=C(C)C)CC2)nc1. The van der Waals surface area contributed by atoms with Gasteiger partial charge in [0.05, 0.1) is 30.6 Å². The molecule has 1 aliphatic rings. The van der Waals surface area contributed by atoms with E-state index in [2.05, 4.69) is 21.9 Å². The van der Waals surface area contributed by atoms with Crippen molar-refractivity contribution in [1.82, 2.24) is 19.9 Å². The Morgan fingerprint density at radius 2 is 1.87 bits per heavy atom. The molecule has 0 saturated carbocycles. The Morgan fingerprint density at radius 1 is 1.13 bits per heavy atom. The first-order chi connectivity index (χ1) is 18.0. The molecule has 3 rings (SSSR count). The van der Waals surface area contributed by atoms with Gasteiger partial charge < -0.3 is 9.64 Å². The molecule has 11 heteroatoms. The van der Waals surface area contributed by atoms with E-state index in [4.69, 9.17) is 10.6 Å². The fourth-order valence-corrected chi connectivity index (χ4v) is 4.25. The maximum Gasteiger partial charge on any atom is 0.416 e. The van der Waals surface area contributed by atoms with Crippen LogP contribution in [0.3, 0.4) is 0 Å². The largest absolute Gasteiger partial charge is 0.492 e. The minimum absolute atomic E-state index is 0.0110. The first-order valence-corrected chi connectivity index (χ1v) is 12.9. The summed E-state index contributed by atoms with van der Waals surface area (Å²) in [4.78, 5) is 21.4. The van der Waals surface area contributed by atoms with E-state index in [9.17, 15) is 18.0 Å². The van der Waals surface area contributed by atoms with Crippen molar-refractivity contribution >= 4 is 11.6 Å². The molecule has 1 aromatic carbocycles. The van der Waals surface area contributed by atoms with Crippen LogP contribution < -0.4 is 10.6 Å². The molecule has 1 amide bonds. The number of pyridine rings is 1. The summed E-state index contributed by atoms with van der Waals surface area (Å²) in [6, 6.07) is 7.46. The molecule has 0 radical (unpaired) electrons. The zero-order chi connectivity index (χ0) is 27.7. The summed E-state index contributed by atoms with van der Waals surface area (Å²) >= 11 is 0. The summed E-state index contributed by atoms with van der Waals surface area (Å²) in [6.07, 6.45) is -1.26. The average molecular weight is 535 g/mol. The van der Waals surface area contributed by atoms with Gasteiger partial charge in [0, 0.05) is 44.9 Å². The summed E-state index contributed by atoms with van der Waals surface area (Å²) in [7, 11) is 0. The van der Waals surface area contributed by atoms with Gasteiger partial charge in [0.15, 0.2) is 0 Å². The van der Waals surface area contributed by atoms with Crippen LogP contribution >= 0.6 is 0 Å². The molecule has 0 spiro atoms. The van der Waals surface area contributed by atoms with E-state index < -0.39 is 11.7 Å². The number of alkyl halides is 3. The molecule has 1 aromatic heterocycles. The van der Waals surface area contributed by atoms with E-state index in [1.807, 2.05) is 17.0 Å². The van der Waals surface area contributed by atoms with Crippen molar-refractivity contribution in [2.75, 3.05) is 32.8 Å². The molecule has 1 saturated heterocycles. The summed E-state index contributed by atoms with van der Waals surface area (Å²) in [6.45, 7) is 9.56. The third-order valence-corrected chi connectivity index (χ3v) is 6.18. The highest BCUT2D eigenvalue weighted by Crippen LogP contribution is 2.31.